The number of hydrogen-bond donors (Lipinski definition) is 2. The number of halogens is 1. The quantitative estimate of drug-likeness (QED) is 0.588. The molecular formula is CH3ClO3Zr. The van der Waals surface area contributed by atoms with Gasteiger partial charge in [-0.15, -0.1) is 12.4 Å². The van der Waals surface area contributed by atoms with Crippen molar-refractivity contribution in [3.8, 4) is 0 Å². The summed E-state index contributed by atoms with van der Waals surface area (Å²) >= 11 is 0. The Kier molecular flexibility index (Phi) is 24.3. The van der Waals surface area contributed by atoms with E-state index < -0.39 is 6.16 Å². The van der Waals surface area contributed by atoms with Crippen LogP contribution in [0, 0.1) is 0 Å². The molecule has 0 amide bonds. The molecule has 0 atom stereocenters. The Morgan fingerprint density at radius 2 is 1.33 bits per heavy atom. The van der Waals surface area contributed by atoms with Crippen LogP contribution in [0.4, 0.5) is 4.79 Å². The summed E-state index contributed by atoms with van der Waals surface area (Å²) in [5.74, 6) is 0. The fourth-order valence-electron chi connectivity index (χ4n) is 0. The summed E-state index contributed by atoms with van der Waals surface area (Å²) in [6.45, 7) is 0. The molecule has 5 heteroatoms. The molecule has 0 fully saturated rings. The minimum absolute atomic E-state index is 0. The van der Waals surface area contributed by atoms with E-state index in [9.17, 15) is 0 Å². The summed E-state index contributed by atoms with van der Waals surface area (Å²) in [6.07, 6.45) is -1.83. The molecule has 0 rings (SSSR count). The van der Waals surface area contributed by atoms with Gasteiger partial charge in [-0.2, -0.15) is 0 Å². The van der Waals surface area contributed by atoms with Crippen molar-refractivity contribution in [2.75, 3.05) is 0 Å². The van der Waals surface area contributed by atoms with Gasteiger partial charge in [0.1, 0.15) is 0 Å². The Hall–Kier alpha value is 0.443. The predicted molar refractivity (Wildman–Crippen MR) is 17.9 cm³/mol. The van der Waals surface area contributed by atoms with Crippen molar-refractivity contribution in [1.29, 1.82) is 0 Å². The SMILES string of the molecule is Cl.O=C(O)O.[Zr]. The number of hydrogen-bond acceptors (Lipinski definition) is 1. The number of carboxylic acid groups (broad SMARTS) is 2. The summed E-state index contributed by atoms with van der Waals surface area (Å²) in [4.78, 5) is 8.56. The van der Waals surface area contributed by atoms with Gasteiger partial charge in [-0.1, -0.05) is 0 Å². The van der Waals surface area contributed by atoms with E-state index in [0.717, 1.165) is 0 Å². The molecule has 0 spiro atoms. The molecule has 0 aliphatic heterocycles. The van der Waals surface area contributed by atoms with Crippen LogP contribution in [0.5, 0.6) is 0 Å². The van der Waals surface area contributed by atoms with Crippen LogP contribution >= 0.6 is 12.4 Å². The average molecular weight is 190 g/mol. The van der Waals surface area contributed by atoms with Crippen LogP contribution in [0.3, 0.4) is 0 Å². The number of carbonyl (C=O) groups is 1. The monoisotopic (exact) mass is 188 g/mol. The second kappa shape index (κ2) is 9.06. The summed E-state index contributed by atoms with van der Waals surface area (Å²) in [7, 11) is 0. The summed E-state index contributed by atoms with van der Waals surface area (Å²) in [5, 5.41) is 13.9. The van der Waals surface area contributed by atoms with Gasteiger partial charge in [0.15, 0.2) is 0 Å². The molecule has 0 unspecified atom stereocenters. The molecule has 0 bridgehead atoms. The fourth-order valence-corrected chi connectivity index (χ4v) is 0. The minimum atomic E-state index is -1.83. The van der Waals surface area contributed by atoms with Crippen LogP contribution < -0.4 is 0 Å². The Morgan fingerprint density at radius 3 is 1.33 bits per heavy atom. The third kappa shape index (κ3) is 268. The van der Waals surface area contributed by atoms with Crippen LogP contribution in [0.25, 0.3) is 0 Å². The molecule has 6 heavy (non-hydrogen) atoms. The Labute approximate surface area is 59.9 Å². The standard InChI is InChI=1S/CH2O3.ClH.Zr/c2-1(3)4;;/h(H2,2,3,4);1H;. The van der Waals surface area contributed by atoms with E-state index >= 15 is 0 Å². The largest absolute Gasteiger partial charge is 0.503 e. The van der Waals surface area contributed by atoms with Crippen molar-refractivity contribution in [3.63, 3.8) is 0 Å². The molecule has 0 radical (unpaired) electrons. The molecule has 0 saturated heterocycles. The first-order chi connectivity index (χ1) is 1.73. The maximum absolute atomic E-state index is 8.56. The van der Waals surface area contributed by atoms with Gasteiger partial charge in [-0.3, -0.25) is 0 Å². The molecule has 0 heterocycles. The van der Waals surface area contributed by atoms with Gasteiger partial charge >= 0.3 is 6.16 Å². The van der Waals surface area contributed by atoms with E-state index in [0.29, 0.717) is 0 Å². The summed E-state index contributed by atoms with van der Waals surface area (Å²) in [6, 6.07) is 0. The molecule has 3 nitrogen and oxygen atoms in total. The average Bonchev–Trinajstić information content (AvgIpc) is 0.811. The molecule has 0 aliphatic rings. The predicted octanol–water partition coefficient (Wildman–Crippen LogP) is 0.642. The van der Waals surface area contributed by atoms with E-state index in [1.54, 1.807) is 0 Å². The van der Waals surface area contributed by atoms with E-state index in [2.05, 4.69) is 0 Å². The van der Waals surface area contributed by atoms with Crippen molar-refractivity contribution in [3.05, 3.63) is 0 Å². The Balaban J connectivity index is -0.0000000450. The summed E-state index contributed by atoms with van der Waals surface area (Å²) < 4.78 is 0. The fraction of sp³-hybridized carbons (Fsp3) is 0. The molecule has 0 saturated carbocycles. The minimum Gasteiger partial charge on any atom is -0.450 e. The first-order valence-electron chi connectivity index (χ1n) is 0.651. The molecule has 0 aromatic carbocycles. The van der Waals surface area contributed by atoms with E-state index in [1.165, 1.54) is 0 Å². The third-order valence-electron chi connectivity index (χ3n) is 0. The van der Waals surface area contributed by atoms with Crippen LogP contribution in [0.15, 0.2) is 0 Å². The van der Waals surface area contributed by atoms with Crippen LogP contribution in [-0.4, -0.2) is 16.4 Å². The van der Waals surface area contributed by atoms with Gasteiger partial charge in [-0.25, -0.2) is 4.79 Å². The van der Waals surface area contributed by atoms with E-state index in [-0.39, 0.29) is 38.6 Å². The molecule has 36 valence electrons. The first-order valence-corrected chi connectivity index (χ1v) is 0.651. The maximum Gasteiger partial charge on any atom is 0.503 e. The van der Waals surface area contributed by atoms with Gasteiger partial charge in [0, 0.05) is 26.2 Å². The normalized spacial score (nSPS) is 4.00. The van der Waals surface area contributed by atoms with Gasteiger partial charge < -0.3 is 10.2 Å². The van der Waals surface area contributed by atoms with Gasteiger partial charge in [-0.05, 0) is 0 Å². The zero-order valence-corrected chi connectivity index (χ0v) is 5.99. The Morgan fingerprint density at radius 1 is 1.33 bits per heavy atom. The van der Waals surface area contributed by atoms with E-state index in [4.69, 9.17) is 15.0 Å². The van der Waals surface area contributed by atoms with Gasteiger partial charge in [0.25, 0.3) is 0 Å². The van der Waals surface area contributed by atoms with Crippen LogP contribution in [-0.2, 0) is 26.2 Å². The Bertz CT molecular complexity index is 33.8. The van der Waals surface area contributed by atoms with Crippen LogP contribution in [0.2, 0.25) is 0 Å². The second-order valence-corrected chi connectivity index (χ2v) is 0.283. The molecule has 0 aliphatic carbocycles. The van der Waals surface area contributed by atoms with Gasteiger partial charge in [0.2, 0.25) is 0 Å². The molecule has 2 N–H and O–H groups in total. The van der Waals surface area contributed by atoms with Gasteiger partial charge in [0.05, 0.1) is 0 Å². The molecular weight excluding hydrogens is 187 g/mol. The molecule has 0 aromatic heterocycles. The van der Waals surface area contributed by atoms with Crippen molar-refractivity contribution < 1.29 is 41.2 Å². The van der Waals surface area contributed by atoms with Crippen molar-refractivity contribution in [1.82, 2.24) is 0 Å². The van der Waals surface area contributed by atoms with E-state index in [1.807, 2.05) is 0 Å². The second-order valence-electron chi connectivity index (χ2n) is 0.283. The third-order valence-corrected chi connectivity index (χ3v) is 0. The smallest absolute Gasteiger partial charge is 0.450 e. The number of rotatable bonds is 0. The first kappa shape index (κ1) is 16.1. The molecule has 0 aromatic rings. The van der Waals surface area contributed by atoms with Crippen molar-refractivity contribution in [2.45, 2.75) is 0 Å². The van der Waals surface area contributed by atoms with Crippen molar-refractivity contribution >= 4 is 18.6 Å². The van der Waals surface area contributed by atoms with Crippen molar-refractivity contribution in [2.24, 2.45) is 0 Å². The zero-order chi connectivity index (χ0) is 3.58. The van der Waals surface area contributed by atoms with Crippen LogP contribution in [0.1, 0.15) is 0 Å². The summed E-state index contributed by atoms with van der Waals surface area (Å²) in [5.41, 5.74) is 0. The topological polar surface area (TPSA) is 57.5 Å². The maximum atomic E-state index is 8.56. The zero-order valence-electron chi connectivity index (χ0n) is 2.71.